The monoisotopic (exact) mass is 188 g/mol. The number of hydrogen-bond donors (Lipinski definition) is 1. The van der Waals surface area contributed by atoms with E-state index in [-0.39, 0.29) is 0 Å². The zero-order chi connectivity index (χ0) is 9.80. The molecule has 0 bridgehead atoms. The standard InChI is InChI=1S/C10H12N4/c1-14-8-9(7-13-14)6-12-10-4-2-3-5-11-10/h2-5,7-8H,6H2,1H3,(H,11,12). The lowest BCUT2D eigenvalue weighted by atomic mass is 10.3. The highest BCUT2D eigenvalue weighted by Gasteiger charge is 1.95. The molecule has 4 heteroatoms. The van der Waals surface area contributed by atoms with E-state index in [1.165, 1.54) is 0 Å². The van der Waals surface area contributed by atoms with E-state index >= 15 is 0 Å². The maximum atomic E-state index is 4.16. The van der Waals surface area contributed by atoms with Gasteiger partial charge in [0.15, 0.2) is 0 Å². The van der Waals surface area contributed by atoms with E-state index < -0.39 is 0 Å². The molecular formula is C10H12N4. The van der Waals surface area contributed by atoms with Crippen molar-refractivity contribution >= 4 is 5.82 Å². The lowest BCUT2D eigenvalue weighted by Gasteiger charge is -2.01. The summed E-state index contributed by atoms with van der Waals surface area (Å²) in [5, 5.41) is 7.29. The molecule has 0 radical (unpaired) electrons. The van der Waals surface area contributed by atoms with E-state index in [1.807, 2.05) is 37.6 Å². The molecule has 4 nitrogen and oxygen atoms in total. The molecule has 0 spiro atoms. The van der Waals surface area contributed by atoms with Crippen molar-refractivity contribution in [2.24, 2.45) is 7.05 Å². The second-order valence-corrected chi connectivity index (χ2v) is 3.09. The first-order valence-corrected chi connectivity index (χ1v) is 4.47. The molecule has 2 heterocycles. The Morgan fingerprint density at radius 3 is 3.00 bits per heavy atom. The van der Waals surface area contributed by atoms with Crippen molar-refractivity contribution in [3.8, 4) is 0 Å². The van der Waals surface area contributed by atoms with Crippen LogP contribution in [0.2, 0.25) is 0 Å². The first-order valence-electron chi connectivity index (χ1n) is 4.47. The number of aromatic nitrogens is 3. The van der Waals surface area contributed by atoms with Gasteiger partial charge in [-0.3, -0.25) is 4.68 Å². The summed E-state index contributed by atoms with van der Waals surface area (Å²) in [5.41, 5.74) is 1.15. The first-order chi connectivity index (χ1) is 6.84. The predicted molar refractivity (Wildman–Crippen MR) is 54.8 cm³/mol. The molecule has 0 amide bonds. The fourth-order valence-corrected chi connectivity index (χ4v) is 1.22. The van der Waals surface area contributed by atoms with Gasteiger partial charge < -0.3 is 5.32 Å². The third-order valence-electron chi connectivity index (χ3n) is 1.90. The van der Waals surface area contributed by atoms with Crippen LogP contribution < -0.4 is 5.32 Å². The van der Waals surface area contributed by atoms with Gasteiger partial charge in [0.2, 0.25) is 0 Å². The summed E-state index contributed by atoms with van der Waals surface area (Å²) in [6.45, 7) is 0.755. The molecule has 0 aliphatic rings. The van der Waals surface area contributed by atoms with Crippen molar-refractivity contribution in [3.63, 3.8) is 0 Å². The highest BCUT2D eigenvalue weighted by atomic mass is 15.2. The molecule has 2 rings (SSSR count). The normalized spacial score (nSPS) is 10.1. The molecule has 1 N–H and O–H groups in total. The molecular weight excluding hydrogens is 176 g/mol. The smallest absolute Gasteiger partial charge is 0.126 e. The molecule has 0 saturated carbocycles. The van der Waals surface area contributed by atoms with Crippen molar-refractivity contribution in [3.05, 3.63) is 42.4 Å². The molecule has 14 heavy (non-hydrogen) atoms. The average Bonchev–Trinajstić information content (AvgIpc) is 2.63. The number of pyridine rings is 1. The minimum atomic E-state index is 0.755. The third kappa shape index (κ3) is 2.10. The summed E-state index contributed by atoms with van der Waals surface area (Å²) < 4.78 is 1.79. The van der Waals surface area contributed by atoms with Gasteiger partial charge in [-0.1, -0.05) is 6.07 Å². The van der Waals surface area contributed by atoms with Gasteiger partial charge in [0.05, 0.1) is 6.20 Å². The van der Waals surface area contributed by atoms with Gasteiger partial charge >= 0.3 is 0 Å². The van der Waals surface area contributed by atoms with E-state index in [9.17, 15) is 0 Å². The lowest BCUT2D eigenvalue weighted by Crippen LogP contribution is -1.99. The fourth-order valence-electron chi connectivity index (χ4n) is 1.22. The van der Waals surface area contributed by atoms with Gasteiger partial charge in [0.1, 0.15) is 5.82 Å². The summed E-state index contributed by atoms with van der Waals surface area (Å²) in [7, 11) is 1.91. The van der Waals surface area contributed by atoms with E-state index in [0.29, 0.717) is 0 Å². The molecule has 0 aliphatic carbocycles. The first kappa shape index (κ1) is 8.74. The molecule has 72 valence electrons. The summed E-state index contributed by atoms with van der Waals surface area (Å²) in [5.74, 6) is 0.886. The SMILES string of the molecule is Cn1cc(CNc2ccccn2)cn1. The van der Waals surface area contributed by atoms with Crippen molar-refractivity contribution < 1.29 is 0 Å². The van der Waals surface area contributed by atoms with Crippen LogP contribution in [-0.2, 0) is 13.6 Å². The Balaban J connectivity index is 1.95. The largest absolute Gasteiger partial charge is 0.366 e. The molecule has 2 aromatic rings. The second kappa shape index (κ2) is 3.91. The van der Waals surface area contributed by atoms with Crippen LogP contribution in [0.3, 0.4) is 0 Å². The van der Waals surface area contributed by atoms with Gasteiger partial charge in [0.25, 0.3) is 0 Å². The van der Waals surface area contributed by atoms with Gasteiger partial charge in [-0.15, -0.1) is 0 Å². The van der Waals surface area contributed by atoms with Gasteiger partial charge in [-0.2, -0.15) is 5.10 Å². The number of nitrogens with one attached hydrogen (secondary N) is 1. The Hall–Kier alpha value is -1.84. The Labute approximate surface area is 82.6 Å². The van der Waals surface area contributed by atoms with E-state index in [4.69, 9.17) is 0 Å². The second-order valence-electron chi connectivity index (χ2n) is 3.09. The van der Waals surface area contributed by atoms with Crippen molar-refractivity contribution in [1.29, 1.82) is 0 Å². The number of anilines is 1. The minimum Gasteiger partial charge on any atom is -0.366 e. The molecule has 0 aromatic carbocycles. The summed E-state index contributed by atoms with van der Waals surface area (Å²) in [6.07, 6.45) is 5.59. The van der Waals surface area contributed by atoms with Crippen molar-refractivity contribution in [2.75, 3.05) is 5.32 Å². The van der Waals surface area contributed by atoms with Gasteiger partial charge in [-0.05, 0) is 12.1 Å². The molecule has 2 aromatic heterocycles. The Morgan fingerprint density at radius 1 is 1.43 bits per heavy atom. The number of hydrogen-bond acceptors (Lipinski definition) is 3. The number of nitrogens with zero attached hydrogens (tertiary/aromatic N) is 3. The van der Waals surface area contributed by atoms with E-state index in [2.05, 4.69) is 15.4 Å². The van der Waals surface area contributed by atoms with Crippen LogP contribution in [0.4, 0.5) is 5.82 Å². The van der Waals surface area contributed by atoms with Gasteiger partial charge in [0, 0.05) is 31.5 Å². The Morgan fingerprint density at radius 2 is 2.36 bits per heavy atom. The van der Waals surface area contributed by atoms with Crippen LogP contribution in [0.5, 0.6) is 0 Å². The highest BCUT2D eigenvalue weighted by molar-refractivity contribution is 5.33. The summed E-state index contributed by atoms with van der Waals surface area (Å²) >= 11 is 0. The molecule has 0 fully saturated rings. The van der Waals surface area contributed by atoms with Crippen molar-refractivity contribution in [1.82, 2.24) is 14.8 Å². The zero-order valence-electron chi connectivity index (χ0n) is 8.01. The Kier molecular flexibility index (Phi) is 2.44. The number of aryl methyl sites for hydroxylation is 1. The van der Waals surface area contributed by atoms with Crippen LogP contribution in [-0.4, -0.2) is 14.8 Å². The van der Waals surface area contributed by atoms with Crippen LogP contribution >= 0.6 is 0 Å². The van der Waals surface area contributed by atoms with E-state index in [0.717, 1.165) is 17.9 Å². The summed E-state index contributed by atoms with van der Waals surface area (Å²) in [6, 6.07) is 5.80. The minimum absolute atomic E-state index is 0.755. The lowest BCUT2D eigenvalue weighted by molar-refractivity contribution is 0.767. The van der Waals surface area contributed by atoms with Crippen LogP contribution in [0, 0.1) is 0 Å². The molecule has 0 atom stereocenters. The van der Waals surface area contributed by atoms with Crippen LogP contribution in [0.15, 0.2) is 36.8 Å². The third-order valence-corrected chi connectivity index (χ3v) is 1.90. The number of rotatable bonds is 3. The highest BCUT2D eigenvalue weighted by Crippen LogP contribution is 2.03. The fraction of sp³-hybridized carbons (Fsp3) is 0.200. The van der Waals surface area contributed by atoms with Gasteiger partial charge in [-0.25, -0.2) is 4.98 Å². The predicted octanol–water partition coefficient (Wildman–Crippen LogP) is 1.43. The summed E-state index contributed by atoms with van der Waals surface area (Å²) in [4.78, 5) is 4.16. The topological polar surface area (TPSA) is 42.7 Å². The molecule has 0 saturated heterocycles. The van der Waals surface area contributed by atoms with Crippen molar-refractivity contribution in [2.45, 2.75) is 6.54 Å². The molecule has 0 unspecified atom stereocenters. The Bertz CT molecular complexity index is 394. The average molecular weight is 188 g/mol. The maximum Gasteiger partial charge on any atom is 0.126 e. The maximum absolute atomic E-state index is 4.16. The van der Waals surface area contributed by atoms with E-state index in [1.54, 1.807) is 10.9 Å². The molecule has 0 aliphatic heterocycles. The van der Waals surface area contributed by atoms with Crippen LogP contribution in [0.25, 0.3) is 0 Å². The van der Waals surface area contributed by atoms with Crippen LogP contribution in [0.1, 0.15) is 5.56 Å². The zero-order valence-corrected chi connectivity index (χ0v) is 8.01. The quantitative estimate of drug-likeness (QED) is 0.792.